The van der Waals surface area contributed by atoms with E-state index >= 15 is 0 Å². The molecule has 0 aromatic heterocycles. The van der Waals surface area contributed by atoms with Crippen molar-refractivity contribution in [3.63, 3.8) is 0 Å². The molecule has 1 atom stereocenters. The summed E-state index contributed by atoms with van der Waals surface area (Å²) >= 11 is 1.97. The van der Waals surface area contributed by atoms with Crippen molar-refractivity contribution >= 4 is 17.4 Å². The third-order valence-corrected chi connectivity index (χ3v) is 3.92. The van der Waals surface area contributed by atoms with Crippen molar-refractivity contribution < 1.29 is 4.39 Å². The van der Waals surface area contributed by atoms with Gasteiger partial charge in [-0.1, -0.05) is 6.92 Å². The fourth-order valence-corrected chi connectivity index (χ4v) is 3.00. The van der Waals surface area contributed by atoms with E-state index in [4.69, 9.17) is 5.73 Å². The Morgan fingerprint density at radius 2 is 2.31 bits per heavy atom. The molecule has 0 radical (unpaired) electrons. The lowest BCUT2D eigenvalue weighted by molar-refractivity contribution is 0.623. The van der Waals surface area contributed by atoms with Crippen molar-refractivity contribution in [1.29, 1.82) is 0 Å². The first-order valence-corrected chi connectivity index (χ1v) is 6.60. The summed E-state index contributed by atoms with van der Waals surface area (Å²) in [4.78, 5) is 2.24. The van der Waals surface area contributed by atoms with E-state index in [1.54, 1.807) is 6.07 Å². The quantitative estimate of drug-likeness (QED) is 0.859. The number of hydrogen-bond acceptors (Lipinski definition) is 3. The normalized spacial score (nSPS) is 21.2. The van der Waals surface area contributed by atoms with Gasteiger partial charge in [-0.15, -0.1) is 0 Å². The Labute approximate surface area is 100 Å². The molecule has 1 aromatic carbocycles. The molecule has 2 N–H and O–H groups in total. The van der Waals surface area contributed by atoms with Crippen LogP contribution in [0.3, 0.4) is 0 Å². The van der Waals surface area contributed by atoms with E-state index in [9.17, 15) is 4.39 Å². The minimum Gasteiger partial charge on any atom is -0.370 e. The van der Waals surface area contributed by atoms with Gasteiger partial charge in [-0.25, -0.2) is 4.39 Å². The number of hydrogen-bond donors (Lipinski definition) is 1. The number of anilines is 1. The lowest BCUT2D eigenvalue weighted by Gasteiger charge is -2.32. The maximum absolute atomic E-state index is 13.4. The number of nitrogens with two attached hydrogens (primary N) is 1. The maximum atomic E-state index is 13.4. The maximum Gasteiger partial charge on any atom is 0.125 e. The highest BCUT2D eigenvalue weighted by Gasteiger charge is 2.17. The summed E-state index contributed by atoms with van der Waals surface area (Å²) < 4.78 is 13.4. The molecular weight excluding hydrogens is 223 g/mol. The molecule has 1 saturated heterocycles. The van der Waals surface area contributed by atoms with Crippen LogP contribution >= 0.6 is 11.8 Å². The van der Waals surface area contributed by atoms with Crippen LogP contribution in [0.5, 0.6) is 0 Å². The van der Waals surface area contributed by atoms with E-state index in [-0.39, 0.29) is 5.82 Å². The zero-order valence-corrected chi connectivity index (χ0v) is 10.3. The SMILES string of the molecule is CC1CN(c2cc(F)cc(CN)c2)CCS1. The van der Waals surface area contributed by atoms with Gasteiger partial charge in [-0.2, -0.15) is 11.8 Å². The minimum absolute atomic E-state index is 0.191. The topological polar surface area (TPSA) is 29.3 Å². The molecule has 4 heteroatoms. The summed E-state index contributed by atoms with van der Waals surface area (Å²) in [5, 5.41) is 0.610. The van der Waals surface area contributed by atoms with E-state index in [1.807, 2.05) is 17.8 Å². The van der Waals surface area contributed by atoms with Gasteiger partial charge in [0.25, 0.3) is 0 Å². The van der Waals surface area contributed by atoms with Gasteiger partial charge >= 0.3 is 0 Å². The number of nitrogens with zero attached hydrogens (tertiary/aromatic N) is 1. The van der Waals surface area contributed by atoms with Crippen LogP contribution < -0.4 is 10.6 Å². The highest BCUT2D eigenvalue weighted by molar-refractivity contribution is 8.00. The molecule has 1 heterocycles. The van der Waals surface area contributed by atoms with Crippen molar-refractivity contribution in [3.8, 4) is 0 Å². The molecular formula is C12H17FN2S. The Morgan fingerprint density at radius 3 is 3.00 bits per heavy atom. The molecule has 2 nitrogen and oxygen atoms in total. The van der Waals surface area contributed by atoms with Crippen LogP contribution in [-0.2, 0) is 6.54 Å². The summed E-state index contributed by atoms with van der Waals surface area (Å²) in [6, 6.07) is 5.10. The molecule has 1 unspecified atom stereocenters. The second-order valence-electron chi connectivity index (χ2n) is 4.15. The number of halogens is 1. The Balaban J connectivity index is 2.21. The molecule has 1 aromatic rings. The van der Waals surface area contributed by atoms with Crippen LogP contribution in [0.4, 0.5) is 10.1 Å². The second-order valence-corrected chi connectivity index (χ2v) is 5.70. The average molecular weight is 240 g/mol. The van der Waals surface area contributed by atoms with Gasteiger partial charge < -0.3 is 10.6 Å². The van der Waals surface area contributed by atoms with Crippen molar-refractivity contribution in [2.75, 3.05) is 23.7 Å². The Bertz CT molecular complexity index is 370. The monoisotopic (exact) mass is 240 g/mol. The standard InChI is InChI=1S/C12H17FN2S/c1-9-8-15(2-3-16-9)12-5-10(7-14)4-11(13)6-12/h4-6,9H,2-3,7-8,14H2,1H3. The van der Waals surface area contributed by atoms with Gasteiger partial charge in [-0.05, 0) is 23.8 Å². The molecule has 0 amide bonds. The van der Waals surface area contributed by atoms with Gasteiger partial charge in [0.1, 0.15) is 5.82 Å². The first-order valence-electron chi connectivity index (χ1n) is 5.55. The van der Waals surface area contributed by atoms with E-state index in [0.717, 1.165) is 30.1 Å². The van der Waals surface area contributed by atoms with Crippen LogP contribution in [0.15, 0.2) is 18.2 Å². The average Bonchev–Trinajstić information content (AvgIpc) is 2.28. The summed E-state index contributed by atoms with van der Waals surface area (Å²) in [6.45, 7) is 4.57. The predicted molar refractivity (Wildman–Crippen MR) is 68.4 cm³/mol. The van der Waals surface area contributed by atoms with Crippen LogP contribution in [0, 0.1) is 5.82 Å². The van der Waals surface area contributed by atoms with Crippen molar-refractivity contribution in [1.82, 2.24) is 0 Å². The van der Waals surface area contributed by atoms with Crippen LogP contribution in [0.2, 0.25) is 0 Å². The number of rotatable bonds is 2. The molecule has 0 aliphatic carbocycles. The zero-order chi connectivity index (χ0) is 11.5. The smallest absolute Gasteiger partial charge is 0.125 e. The minimum atomic E-state index is -0.191. The third-order valence-electron chi connectivity index (χ3n) is 2.78. The van der Waals surface area contributed by atoms with E-state index in [1.165, 1.54) is 6.07 Å². The summed E-state index contributed by atoms with van der Waals surface area (Å²) in [7, 11) is 0. The summed E-state index contributed by atoms with van der Waals surface area (Å²) in [5.74, 6) is 0.916. The molecule has 2 rings (SSSR count). The van der Waals surface area contributed by atoms with Crippen molar-refractivity contribution in [3.05, 3.63) is 29.6 Å². The van der Waals surface area contributed by atoms with Gasteiger partial charge in [-0.3, -0.25) is 0 Å². The largest absolute Gasteiger partial charge is 0.370 e. The predicted octanol–water partition coefficient (Wildman–Crippen LogP) is 2.23. The molecule has 0 spiro atoms. The first kappa shape index (κ1) is 11.7. The Hall–Kier alpha value is -0.740. The van der Waals surface area contributed by atoms with E-state index < -0.39 is 0 Å². The van der Waals surface area contributed by atoms with Gasteiger partial charge in [0, 0.05) is 36.3 Å². The van der Waals surface area contributed by atoms with Crippen molar-refractivity contribution in [2.45, 2.75) is 18.7 Å². The van der Waals surface area contributed by atoms with Gasteiger partial charge in [0.15, 0.2) is 0 Å². The molecule has 0 bridgehead atoms. The molecule has 88 valence electrons. The van der Waals surface area contributed by atoms with Gasteiger partial charge in [0.2, 0.25) is 0 Å². The fourth-order valence-electron chi connectivity index (χ4n) is 1.99. The Kier molecular flexibility index (Phi) is 3.71. The molecule has 16 heavy (non-hydrogen) atoms. The fraction of sp³-hybridized carbons (Fsp3) is 0.500. The van der Waals surface area contributed by atoms with Crippen LogP contribution in [-0.4, -0.2) is 24.1 Å². The highest BCUT2D eigenvalue weighted by Crippen LogP contribution is 2.25. The van der Waals surface area contributed by atoms with Crippen molar-refractivity contribution in [2.24, 2.45) is 5.73 Å². The number of benzene rings is 1. The van der Waals surface area contributed by atoms with E-state index in [2.05, 4.69) is 11.8 Å². The zero-order valence-electron chi connectivity index (χ0n) is 9.45. The van der Waals surface area contributed by atoms with E-state index in [0.29, 0.717) is 11.8 Å². The summed E-state index contributed by atoms with van der Waals surface area (Å²) in [6.07, 6.45) is 0. The molecule has 1 fully saturated rings. The molecule has 0 saturated carbocycles. The molecule has 1 aliphatic rings. The highest BCUT2D eigenvalue weighted by atomic mass is 32.2. The van der Waals surface area contributed by atoms with Crippen LogP contribution in [0.1, 0.15) is 12.5 Å². The Morgan fingerprint density at radius 1 is 1.50 bits per heavy atom. The number of thioether (sulfide) groups is 1. The molecule has 1 aliphatic heterocycles. The first-order chi connectivity index (χ1) is 7.69. The van der Waals surface area contributed by atoms with Gasteiger partial charge in [0.05, 0.1) is 0 Å². The lowest BCUT2D eigenvalue weighted by atomic mass is 10.1. The third kappa shape index (κ3) is 2.68. The summed E-state index contributed by atoms with van der Waals surface area (Å²) in [5.41, 5.74) is 7.38. The lowest BCUT2D eigenvalue weighted by Crippen LogP contribution is -2.36. The second kappa shape index (κ2) is 5.06. The van der Waals surface area contributed by atoms with Crippen LogP contribution in [0.25, 0.3) is 0 Å².